The van der Waals surface area contributed by atoms with Gasteiger partial charge in [-0.2, -0.15) is 0 Å². The van der Waals surface area contributed by atoms with Crippen LogP contribution in [-0.2, 0) is 6.54 Å². The van der Waals surface area contributed by atoms with Gasteiger partial charge >= 0.3 is 0 Å². The SMILES string of the molecule is CN(Cc1cccc(Br)c1)C(CN)c1c(Cl)cccc1Cl. The average Bonchev–Trinajstić information content (AvgIpc) is 2.43. The molecule has 1 unspecified atom stereocenters. The molecule has 0 aliphatic heterocycles. The Kier molecular flexibility index (Phi) is 6.08. The fourth-order valence-electron chi connectivity index (χ4n) is 2.38. The Labute approximate surface area is 144 Å². The van der Waals surface area contributed by atoms with Crippen molar-refractivity contribution in [3.05, 3.63) is 68.1 Å². The van der Waals surface area contributed by atoms with Crippen LogP contribution in [-0.4, -0.2) is 18.5 Å². The third-order valence-corrected chi connectivity index (χ3v) is 4.56. The van der Waals surface area contributed by atoms with Gasteiger partial charge in [0.1, 0.15) is 0 Å². The molecule has 0 amide bonds. The molecule has 0 aliphatic carbocycles. The molecule has 2 aromatic rings. The topological polar surface area (TPSA) is 29.3 Å². The molecule has 2 aromatic carbocycles. The van der Waals surface area contributed by atoms with Crippen molar-refractivity contribution in [2.45, 2.75) is 12.6 Å². The van der Waals surface area contributed by atoms with E-state index in [1.165, 1.54) is 5.56 Å². The van der Waals surface area contributed by atoms with Gasteiger partial charge in [-0.25, -0.2) is 0 Å². The number of nitrogens with two attached hydrogens (primary N) is 1. The quantitative estimate of drug-likeness (QED) is 0.791. The molecular formula is C16H17BrCl2N2. The molecule has 112 valence electrons. The summed E-state index contributed by atoms with van der Waals surface area (Å²) in [4.78, 5) is 2.16. The first-order chi connectivity index (χ1) is 10.0. The number of likely N-dealkylation sites (N-methyl/N-ethyl adjacent to an activating group) is 1. The summed E-state index contributed by atoms with van der Waals surface area (Å²) in [7, 11) is 2.03. The Morgan fingerprint density at radius 1 is 1.14 bits per heavy atom. The summed E-state index contributed by atoms with van der Waals surface area (Å²) < 4.78 is 1.06. The van der Waals surface area contributed by atoms with Crippen molar-refractivity contribution in [3.63, 3.8) is 0 Å². The molecule has 21 heavy (non-hydrogen) atoms. The number of benzene rings is 2. The second-order valence-electron chi connectivity index (χ2n) is 4.93. The summed E-state index contributed by atoms with van der Waals surface area (Å²) in [6, 6.07) is 13.7. The van der Waals surface area contributed by atoms with Crippen molar-refractivity contribution < 1.29 is 0 Å². The van der Waals surface area contributed by atoms with Gasteiger partial charge in [0, 0.05) is 33.2 Å². The molecule has 0 aliphatic rings. The molecule has 2 nitrogen and oxygen atoms in total. The van der Waals surface area contributed by atoms with Crippen molar-refractivity contribution in [3.8, 4) is 0 Å². The third-order valence-electron chi connectivity index (χ3n) is 3.41. The van der Waals surface area contributed by atoms with Gasteiger partial charge < -0.3 is 5.73 Å². The van der Waals surface area contributed by atoms with Crippen LogP contribution in [0.5, 0.6) is 0 Å². The van der Waals surface area contributed by atoms with Crippen LogP contribution in [0, 0.1) is 0 Å². The Bertz CT molecular complexity index is 599. The van der Waals surface area contributed by atoms with E-state index in [2.05, 4.69) is 33.0 Å². The van der Waals surface area contributed by atoms with Crippen LogP contribution in [0.2, 0.25) is 10.0 Å². The Balaban J connectivity index is 2.25. The lowest BCUT2D eigenvalue weighted by molar-refractivity contribution is 0.242. The van der Waals surface area contributed by atoms with E-state index in [0.717, 1.165) is 16.6 Å². The van der Waals surface area contributed by atoms with Crippen molar-refractivity contribution in [2.24, 2.45) is 5.73 Å². The van der Waals surface area contributed by atoms with E-state index in [4.69, 9.17) is 28.9 Å². The molecule has 0 spiro atoms. The van der Waals surface area contributed by atoms with Gasteiger partial charge in [0.2, 0.25) is 0 Å². The van der Waals surface area contributed by atoms with Crippen molar-refractivity contribution >= 4 is 39.1 Å². The maximum absolute atomic E-state index is 6.30. The van der Waals surface area contributed by atoms with Gasteiger partial charge in [-0.3, -0.25) is 4.90 Å². The van der Waals surface area contributed by atoms with E-state index in [0.29, 0.717) is 16.6 Å². The fraction of sp³-hybridized carbons (Fsp3) is 0.250. The smallest absolute Gasteiger partial charge is 0.0500 e. The molecular weight excluding hydrogens is 371 g/mol. The Morgan fingerprint density at radius 3 is 2.33 bits per heavy atom. The van der Waals surface area contributed by atoms with Crippen LogP contribution in [0.4, 0.5) is 0 Å². The van der Waals surface area contributed by atoms with Crippen LogP contribution in [0.25, 0.3) is 0 Å². The third kappa shape index (κ3) is 4.21. The summed E-state index contributed by atoms with van der Waals surface area (Å²) in [6.07, 6.45) is 0. The lowest BCUT2D eigenvalue weighted by atomic mass is 10.0. The van der Waals surface area contributed by atoms with Crippen LogP contribution in [0.1, 0.15) is 17.2 Å². The molecule has 1 atom stereocenters. The van der Waals surface area contributed by atoms with Gasteiger partial charge in [0.05, 0.1) is 6.04 Å². The van der Waals surface area contributed by atoms with E-state index >= 15 is 0 Å². The average molecular weight is 388 g/mol. The number of hydrogen-bond acceptors (Lipinski definition) is 2. The zero-order valence-electron chi connectivity index (χ0n) is 11.7. The second kappa shape index (κ2) is 7.61. The van der Waals surface area contributed by atoms with Crippen LogP contribution in [0.3, 0.4) is 0 Å². The van der Waals surface area contributed by atoms with E-state index in [1.807, 2.05) is 37.4 Å². The zero-order chi connectivity index (χ0) is 15.4. The number of hydrogen-bond donors (Lipinski definition) is 1. The molecule has 0 saturated carbocycles. The molecule has 5 heteroatoms. The first-order valence-electron chi connectivity index (χ1n) is 6.61. The van der Waals surface area contributed by atoms with Gasteiger partial charge in [-0.1, -0.05) is 57.3 Å². The predicted molar refractivity (Wildman–Crippen MR) is 93.9 cm³/mol. The van der Waals surface area contributed by atoms with Crippen LogP contribution >= 0.6 is 39.1 Å². The monoisotopic (exact) mass is 386 g/mol. The normalized spacial score (nSPS) is 12.7. The van der Waals surface area contributed by atoms with Crippen molar-refractivity contribution in [1.82, 2.24) is 4.90 Å². The molecule has 0 radical (unpaired) electrons. The summed E-state index contributed by atoms with van der Waals surface area (Å²) >= 11 is 16.1. The fourth-order valence-corrected chi connectivity index (χ4v) is 3.48. The minimum atomic E-state index is -0.0230. The Morgan fingerprint density at radius 2 is 1.76 bits per heavy atom. The minimum Gasteiger partial charge on any atom is -0.329 e. The highest BCUT2D eigenvalue weighted by atomic mass is 79.9. The minimum absolute atomic E-state index is 0.0230. The molecule has 2 rings (SSSR count). The number of rotatable bonds is 5. The largest absolute Gasteiger partial charge is 0.329 e. The first-order valence-corrected chi connectivity index (χ1v) is 8.16. The maximum atomic E-state index is 6.30. The summed E-state index contributed by atoms with van der Waals surface area (Å²) in [5.41, 5.74) is 8.05. The highest BCUT2D eigenvalue weighted by Gasteiger charge is 2.21. The van der Waals surface area contributed by atoms with Crippen LogP contribution in [0.15, 0.2) is 46.9 Å². The second-order valence-corrected chi connectivity index (χ2v) is 6.66. The molecule has 0 bridgehead atoms. The molecule has 0 saturated heterocycles. The first kappa shape index (κ1) is 16.8. The molecule has 2 N–H and O–H groups in total. The summed E-state index contributed by atoms with van der Waals surface area (Å²) in [5, 5.41) is 1.30. The molecule has 0 aromatic heterocycles. The highest BCUT2D eigenvalue weighted by molar-refractivity contribution is 9.10. The standard InChI is InChI=1S/C16H17BrCl2N2/c1-21(10-11-4-2-5-12(17)8-11)15(9-20)16-13(18)6-3-7-14(16)19/h2-8,15H,9-10,20H2,1H3. The van der Waals surface area contributed by atoms with E-state index in [9.17, 15) is 0 Å². The van der Waals surface area contributed by atoms with Crippen LogP contribution < -0.4 is 5.73 Å². The number of nitrogens with zero attached hydrogens (tertiary/aromatic N) is 1. The van der Waals surface area contributed by atoms with E-state index < -0.39 is 0 Å². The van der Waals surface area contributed by atoms with Crippen molar-refractivity contribution in [2.75, 3.05) is 13.6 Å². The zero-order valence-corrected chi connectivity index (χ0v) is 14.8. The van der Waals surface area contributed by atoms with Gasteiger partial charge in [-0.15, -0.1) is 0 Å². The molecule has 0 heterocycles. The summed E-state index contributed by atoms with van der Waals surface area (Å²) in [5.74, 6) is 0. The molecule has 0 fully saturated rings. The Hall–Kier alpha value is -0.580. The maximum Gasteiger partial charge on any atom is 0.0500 e. The predicted octanol–water partition coefficient (Wildman–Crippen LogP) is 4.89. The highest BCUT2D eigenvalue weighted by Crippen LogP contribution is 2.33. The lowest BCUT2D eigenvalue weighted by Crippen LogP contribution is -2.30. The van der Waals surface area contributed by atoms with Gasteiger partial charge in [0.25, 0.3) is 0 Å². The van der Waals surface area contributed by atoms with Crippen molar-refractivity contribution in [1.29, 1.82) is 0 Å². The van der Waals surface area contributed by atoms with Gasteiger partial charge in [-0.05, 0) is 36.9 Å². The lowest BCUT2D eigenvalue weighted by Gasteiger charge is -2.29. The number of halogens is 3. The van der Waals surface area contributed by atoms with E-state index in [1.54, 1.807) is 0 Å². The van der Waals surface area contributed by atoms with E-state index in [-0.39, 0.29) is 6.04 Å². The van der Waals surface area contributed by atoms with Gasteiger partial charge in [0.15, 0.2) is 0 Å². The summed E-state index contributed by atoms with van der Waals surface area (Å²) in [6.45, 7) is 1.22.